The van der Waals surface area contributed by atoms with E-state index in [1.54, 1.807) is 17.8 Å². The minimum Gasteiger partial charge on any atom is -0.493 e. The first-order chi connectivity index (χ1) is 12.0. The highest BCUT2D eigenvalue weighted by atomic mass is 32.2. The molecular weight excluding hydrogens is 337 g/mol. The second-order valence-electron chi connectivity index (χ2n) is 6.28. The van der Waals surface area contributed by atoms with Gasteiger partial charge in [-0.3, -0.25) is 4.79 Å². The van der Waals surface area contributed by atoms with E-state index in [1.165, 1.54) is 23.3 Å². The van der Waals surface area contributed by atoms with Crippen molar-refractivity contribution < 1.29 is 13.9 Å². The highest BCUT2D eigenvalue weighted by Gasteiger charge is 2.22. The average molecular weight is 359 g/mol. The summed E-state index contributed by atoms with van der Waals surface area (Å²) in [5, 5.41) is 3.01. The van der Waals surface area contributed by atoms with E-state index in [0.29, 0.717) is 6.61 Å². The third-order valence-corrected chi connectivity index (χ3v) is 5.55. The van der Waals surface area contributed by atoms with Crippen molar-refractivity contribution in [1.29, 1.82) is 0 Å². The van der Waals surface area contributed by atoms with Crippen LogP contribution in [0.3, 0.4) is 0 Å². The number of rotatable bonds is 5. The van der Waals surface area contributed by atoms with Crippen LogP contribution < -0.4 is 10.1 Å². The molecule has 1 aliphatic heterocycles. The number of aryl methyl sites for hydroxylation is 2. The second-order valence-corrected chi connectivity index (χ2v) is 7.42. The fourth-order valence-corrected chi connectivity index (χ4v) is 3.95. The lowest BCUT2D eigenvalue weighted by molar-refractivity contribution is -0.122. The Hall–Kier alpha value is -2.01. The molecule has 1 atom stereocenters. The van der Waals surface area contributed by atoms with Crippen LogP contribution in [-0.2, 0) is 4.79 Å². The maximum atomic E-state index is 13.5. The highest BCUT2D eigenvalue weighted by Crippen LogP contribution is 2.36. The maximum Gasteiger partial charge on any atom is 0.223 e. The summed E-state index contributed by atoms with van der Waals surface area (Å²) < 4.78 is 19.2. The van der Waals surface area contributed by atoms with Gasteiger partial charge in [-0.2, -0.15) is 0 Å². The van der Waals surface area contributed by atoms with E-state index in [0.717, 1.165) is 28.4 Å². The lowest BCUT2D eigenvalue weighted by Gasteiger charge is -2.26. The van der Waals surface area contributed by atoms with Gasteiger partial charge in [-0.1, -0.05) is 6.07 Å². The van der Waals surface area contributed by atoms with Crippen LogP contribution in [0.15, 0.2) is 41.3 Å². The molecule has 0 spiro atoms. The van der Waals surface area contributed by atoms with Gasteiger partial charge in [0.05, 0.1) is 19.1 Å². The van der Waals surface area contributed by atoms with Crippen LogP contribution in [0, 0.1) is 19.7 Å². The van der Waals surface area contributed by atoms with Gasteiger partial charge in [0, 0.05) is 10.6 Å². The van der Waals surface area contributed by atoms with Gasteiger partial charge < -0.3 is 10.1 Å². The summed E-state index contributed by atoms with van der Waals surface area (Å²) in [6.45, 7) is 4.41. The molecule has 0 aromatic heterocycles. The Kier molecular flexibility index (Phi) is 5.63. The van der Waals surface area contributed by atoms with Gasteiger partial charge in [0.15, 0.2) is 0 Å². The lowest BCUT2D eigenvalue weighted by Crippen LogP contribution is -2.31. The van der Waals surface area contributed by atoms with Crippen molar-refractivity contribution in [3.05, 3.63) is 58.9 Å². The van der Waals surface area contributed by atoms with Crippen molar-refractivity contribution >= 4 is 17.7 Å². The third-order valence-electron chi connectivity index (χ3n) is 4.42. The van der Waals surface area contributed by atoms with Crippen molar-refractivity contribution in [2.75, 3.05) is 12.4 Å². The van der Waals surface area contributed by atoms with Gasteiger partial charge in [0.25, 0.3) is 0 Å². The molecule has 132 valence electrons. The summed E-state index contributed by atoms with van der Waals surface area (Å²) in [5.41, 5.74) is 3.26. The van der Waals surface area contributed by atoms with Gasteiger partial charge in [0.1, 0.15) is 11.6 Å². The molecule has 1 unspecified atom stereocenters. The van der Waals surface area contributed by atoms with Crippen molar-refractivity contribution in [3.8, 4) is 5.75 Å². The highest BCUT2D eigenvalue weighted by molar-refractivity contribution is 7.99. The Balaban J connectivity index is 1.53. The third kappa shape index (κ3) is 4.54. The number of thioether (sulfide) groups is 1. The van der Waals surface area contributed by atoms with Crippen molar-refractivity contribution in [1.82, 2.24) is 5.32 Å². The number of carbonyl (C=O) groups is 1. The lowest BCUT2D eigenvalue weighted by atomic mass is 10.0. The van der Waals surface area contributed by atoms with Crippen LogP contribution in [0.5, 0.6) is 5.75 Å². The normalized spacial score (nSPS) is 16.2. The molecule has 3 rings (SSSR count). The zero-order valence-electron chi connectivity index (χ0n) is 14.5. The minimum atomic E-state index is -0.265. The van der Waals surface area contributed by atoms with Crippen molar-refractivity contribution in [3.63, 3.8) is 0 Å². The first-order valence-corrected chi connectivity index (χ1v) is 9.43. The topological polar surface area (TPSA) is 38.3 Å². The molecule has 0 aliphatic carbocycles. The fourth-order valence-electron chi connectivity index (χ4n) is 2.85. The van der Waals surface area contributed by atoms with E-state index in [4.69, 9.17) is 4.74 Å². The second kappa shape index (κ2) is 7.91. The summed E-state index contributed by atoms with van der Waals surface area (Å²) in [7, 11) is 0. The van der Waals surface area contributed by atoms with E-state index in [-0.39, 0.29) is 24.2 Å². The molecule has 0 bridgehead atoms. The number of carbonyl (C=O) groups excluding carboxylic acids is 1. The number of benzene rings is 2. The number of nitrogens with one attached hydrogen (secondary N) is 1. The molecule has 5 heteroatoms. The number of hydrogen-bond donors (Lipinski definition) is 1. The monoisotopic (exact) mass is 359 g/mol. The molecular formula is C20H22FNO2S. The zero-order chi connectivity index (χ0) is 17.8. The molecule has 1 heterocycles. The number of ether oxygens (including phenoxy) is 1. The van der Waals surface area contributed by atoms with E-state index >= 15 is 0 Å². The summed E-state index contributed by atoms with van der Waals surface area (Å²) in [6.07, 6.45) is 1.09. The molecule has 1 N–H and O–H groups in total. The SMILES string of the molecule is Cc1ccc(OCCC(=O)NC2CCSc3ccc(F)cc32)cc1C. The van der Waals surface area contributed by atoms with E-state index < -0.39 is 0 Å². The summed E-state index contributed by atoms with van der Waals surface area (Å²) in [5.74, 6) is 1.36. The first-order valence-electron chi connectivity index (χ1n) is 8.44. The molecule has 1 amide bonds. The molecule has 0 saturated heterocycles. The Morgan fingerprint density at radius 1 is 1.24 bits per heavy atom. The molecule has 2 aromatic carbocycles. The van der Waals surface area contributed by atoms with Gasteiger partial charge >= 0.3 is 0 Å². The molecule has 0 saturated carbocycles. The predicted octanol–water partition coefficient (Wildman–Crippen LogP) is 4.56. The summed E-state index contributed by atoms with van der Waals surface area (Å²) in [6, 6.07) is 10.6. The fraction of sp³-hybridized carbons (Fsp3) is 0.350. The zero-order valence-corrected chi connectivity index (χ0v) is 15.3. The summed E-state index contributed by atoms with van der Waals surface area (Å²) >= 11 is 1.70. The van der Waals surface area contributed by atoms with Crippen molar-refractivity contribution in [2.24, 2.45) is 0 Å². The standard InChI is InChI=1S/C20H22FNO2S/c1-13-3-5-16(11-14(13)2)24-9-7-20(23)22-18-8-10-25-19-6-4-15(21)12-17(18)19/h3-6,11-12,18H,7-10H2,1-2H3,(H,22,23). The maximum absolute atomic E-state index is 13.5. The van der Waals surface area contributed by atoms with Gasteiger partial charge in [0.2, 0.25) is 5.91 Å². The number of amides is 1. The van der Waals surface area contributed by atoms with Crippen LogP contribution in [0.2, 0.25) is 0 Å². The first kappa shape index (κ1) is 17.8. The van der Waals surface area contributed by atoms with Gasteiger partial charge in [-0.25, -0.2) is 4.39 Å². The quantitative estimate of drug-likeness (QED) is 0.850. The predicted molar refractivity (Wildman–Crippen MR) is 98.7 cm³/mol. The van der Waals surface area contributed by atoms with Crippen LogP contribution in [0.1, 0.15) is 35.6 Å². The van der Waals surface area contributed by atoms with Crippen LogP contribution in [0.4, 0.5) is 4.39 Å². The largest absolute Gasteiger partial charge is 0.493 e. The number of hydrogen-bond acceptors (Lipinski definition) is 3. The van der Waals surface area contributed by atoms with E-state index in [1.807, 2.05) is 25.1 Å². The number of halogens is 1. The average Bonchev–Trinajstić information content (AvgIpc) is 2.58. The van der Waals surface area contributed by atoms with E-state index in [9.17, 15) is 9.18 Å². The van der Waals surface area contributed by atoms with Crippen LogP contribution in [0.25, 0.3) is 0 Å². The van der Waals surface area contributed by atoms with Crippen LogP contribution in [-0.4, -0.2) is 18.3 Å². The molecule has 25 heavy (non-hydrogen) atoms. The molecule has 3 nitrogen and oxygen atoms in total. The molecule has 0 radical (unpaired) electrons. The van der Waals surface area contributed by atoms with Gasteiger partial charge in [-0.05, 0) is 67.3 Å². The van der Waals surface area contributed by atoms with Crippen LogP contribution >= 0.6 is 11.8 Å². The van der Waals surface area contributed by atoms with Gasteiger partial charge in [-0.15, -0.1) is 11.8 Å². The Labute approximate surface area is 152 Å². The summed E-state index contributed by atoms with van der Waals surface area (Å²) in [4.78, 5) is 13.3. The number of fused-ring (bicyclic) bond motifs is 1. The Morgan fingerprint density at radius 3 is 2.88 bits per heavy atom. The minimum absolute atomic E-state index is 0.0732. The van der Waals surface area contributed by atoms with Crippen molar-refractivity contribution in [2.45, 2.75) is 37.6 Å². The molecule has 1 aliphatic rings. The Bertz CT molecular complexity index is 778. The Morgan fingerprint density at radius 2 is 2.08 bits per heavy atom. The molecule has 2 aromatic rings. The smallest absolute Gasteiger partial charge is 0.223 e. The van der Waals surface area contributed by atoms with E-state index in [2.05, 4.69) is 12.2 Å². The molecule has 0 fully saturated rings.